The first-order valence-corrected chi connectivity index (χ1v) is 8.38. The molecule has 4 rings (SSSR count). The Morgan fingerprint density at radius 1 is 1.19 bits per heavy atom. The molecule has 0 fully saturated rings. The number of aliphatic hydroxyl groups excluding tert-OH is 1. The van der Waals surface area contributed by atoms with Crippen LogP contribution in [0.4, 0.5) is 14.5 Å². The molecule has 136 valence electrons. The molecule has 3 aromatic rings. The Hall–Kier alpha value is -2.51. The van der Waals surface area contributed by atoms with E-state index in [0.717, 1.165) is 17.0 Å². The molecule has 2 aromatic heterocycles. The second kappa shape index (κ2) is 6.34. The zero-order chi connectivity index (χ0) is 18.4. The van der Waals surface area contributed by atoms with Gasteiger partial charge in [0.2, 0.25) is 0 Å². The van der Waals surface area contributed by atoms with Gasteiger partial charge in [0.1, 0.15) is 12.2 Å². The number of aliphatic hydroxyl groups is 1. The van der Waals surface area contributed by atoms with Crippen LogP contribution >= 0.6 is 0 Å². The first-order valence-electron chi connectivity index (χ1n) is 8.38. The van der Waals surface area contributed by atoms with E-state index in [9.17, 15) is 13.9 Å². The normalized spacial score (nSPS) is 22.5. The van der Waals surface area contributed by atoms with Crippen LogP contribution < -0.4 is 5.32 Å². The fraction of sp³-hybridized carbons (Fsp3) is 0.316. The second-order valence-corrected chi connectivity index (χ2v) is 6.46. The highest BCUT2D eigenvalue weighted by Gasteiger charge is 2.39. The highest BCUT2D eigenvalue weighted by molar-refractivity contribution is 5.75. The lowest BCUT2D eigenvalue weighted by atomic mass is 9.89. The van der Waals surface area contributed by atoms with Crippen LogP contribution in [0.1, 0.15) is 34.7 Å². The summed E-state index contributed by atoms with van der Waals surface area (Å²) in [5.74, 6) is 0. The van der Waals surface area contributed by atoms with Crippen molar-refractivity contribution in [2.45, 2.75) is 38.7 Å². The Labute approximate surface area is 149 Å². The Bertz CT molecular complexity index is 943. The number of aromatic nitrogens is 2. The number of halogens is 2. The summed E-state index contributed by atoms with van der Waals surface area (Å²) in [4.78, 5) is 4.57. The molecule has 0 radical (unpaired) electrons. The van der Waals surface area contributed by atoms with Crippen molar-refractivity contribution in [3.05, 3.63) is 65.1 Å². The van der Waals surface area contributed by atoms with Crippen LogP contribution in [0, 0.1) is 13.8 Å². The van der Waals surface area contributed by atoms with Crippen molar-refractivity contribution in [2.24, 2.45) is 0 Å². The van der Waals surface area contributed by atoms with Gasteiger partial charge in [-0.2, -0.15) is 8.78 Å². The maximum Gasteiger partial charge on any atom is 0.345 e. The molecule has 0 bridgehead atoms. The molecule has 0 saturated heterocycles. The molecule has 1 aromatic carbocycles. The number of anilines is 1. The second-order valence-electron chi connectivity index (χ2n) is 6.46. The number of rotatable bonds is 3. The van der Waals surface area contributed by atoms with Gasteiger partial charge in [0, 0.05) is 17.5 Å². The van der Waals surface area contributed by atoms with Crippen molar-refractivity contribution in [1.82, 2.24) is 9.38 Å². The van der Waals surface area contributed by atoms with E-state index in [2.05, 4.69) is 10.3 Å². The number of aryl methyl sites for hydroxylation is 2. The predicted octanol–water partition coefficient (Wildman–Crippen LogP) is 3.76. The third-order valence-electron chi connectivity index (χ3n) is 4.97. The molecule has 3 atom stereocenters. The number of imidazole rings is 1. The van der Waals surface area contributed by atoms with Gasteiger partial charge in [-0.05, 0) is 25.5 Å². The van der Waals surface area contributed by atoms with E-state index >= 15 is 0 Å². The van der Waals surface area contributed by atoms with Crippen molar-refractivity contribution >= 4 is 11.3 Å². The third-order valence-corrected chi connectivity index (χ3v) is 4.97. The maximum absolute atomic E-state index is 13.0. The summed E-state index contributed by atoms with van der Waals surface area (Å²) in [5.41, 5.74) is 4.33. The number of fused-ring (bicyclic) bond motifs is 3. The standard InChI is InChI=1S/C19H19F2N3O2/c1-10-11(2)24-9-8-13-15(18(24)22-10)23-14(12-6-4-3-5-7-12)16(25)17(13)26-19(20)21/h3-9,14,16-17,19,23,25H,1-2H3. The molecule has 0 saturated carbocycles. The summed E-state index contributed by atoms with van der Waals surface area (Å²) in [6, 6.07) is 10.3. The lowest BCUT2D eigenvalue weighted by Crippen LogP contribution is -2.38. The topological polar surface area (TPSA) is 58.8 Å². The molecule has 3 heterocycles. The van der Waals surface area contributed by atoms with Crippen LogP contribution in [0.25, 0.3) is 5.65 Å². The molecular formula is C19H19F2N3O2. The Kier molecular flexibility index (Phi) is 4.13. The number of pyridine rings is 1. The number of ether oxygens (including phenoxy) is 1. The van der Waals surface area contributed by atoms with Gasteiger partial charge in [-0.3, -0.25) is 0 Å². The predicted molar refractivity (Wildman–Crippen MR) is 93.3 cm³/mol. The van der Waals surface area contributed by atoms with Crippen LogP contribution in [0.15, 0.2) is 42.6 Å². The van der Waals surface area contributed by atoms with E-state index in [1.807, 2.05) is 48.6 Å². The molecule has 0 spiro atoms. The fourth-order valence-electron chi connectivity index (χ4n) is 3.54. The minimum atomic E-state index is -2.99. The van der Waals surface area contributed by atoms with Gasteiger partial charge >= 0.3 is 6.61 Å². The summed E-state index contributed by atoms with van der Waals surface area (Å²) in [6.45, 7) is 0.853. The van der Waals surface area contributed by atoms with Crippen LogP contribution in [0.3, 0.4) is 0 Å². The van der Waals surface area contributed by atoms with Crippen LogP contribution in [0.5, 0.6) is 0 Å². The average Bonchev–Trinajstić information content (AvgIpc) is 2.92. The lowest BCUT2D eigenvalue weighted by Gasteiger charge is -2.37. The van der Waals surface area contributed by atoms with Gasteiger partial charge in [-0.25, -0.2) is 4.98 Å². The van der Waals surface area contributed by atoms with Crippen LogP contribution in [-0.4, -0.2) is 27.2 Å². The molecule has 26 heavy (non-hydrogen) atoms. The Balaban J connectivity index is 1.90. The summed E-state index contributed by atoms with van der Waals surface area (Å²) in [5, 5.41) is 14.1. The van der Waals surface area contributed by atoms with E-state index < -0.39 is 24.9 Å². The Morgan fingerprint density at radius 3 is 2.62 bits per heavy atom. The van der Waals surface area contributed by atoms with Gasteiger partial charge in [-0.1, -0.05) is 30.3 Å². The number of nitrogens with zero attached hydrogens (tertiary/aromatic N) is 2. The highest BCUT2D eigenvalue weighted by atomic mass is 19.3. The van der Waals surface area contributed by atoms with Crippen molar-refractivity contribution < 1.29 is 18.6 Å². The summed E-state index contributed by atoms with van der Waals surface area (Å²) < 4.78 is 32.8. The third kappa shape index (κ3) is 2.64. The summed E-state index contributed by atoms with van der Waals surface area (Å²) >= 11 is 0. The van der Waals surface area contributed by atoms with E-state index in [0.29, 0.717) is 16.9 Å². The monoisotopic (exact) mass is 359 g/mol. The molecule has 1 aliphatic heterocycles. The van der Waals surface area contributed by atoms with Gasteiger partial charge in [0.05, 0.1) is 17.4 Å². The Morgan fingerprint density at radius 2 is 1.92 bits per heavy atom. The van der Waals surface area contributed by atoms with E-state index in [1.54, 1.807) is 12.3 Å². The highest BCUT2D eigenvalue weighted by Crippen LogP contribution is 2.43. The van der Waals surface area contributed by atoms with Gasteiger partial charge < -0.3 is 19.6 Å². The number of hydrogen-bond donors (Lipinski definition) is 2. The van der Waals surface area contributed by atoms with Gasteiger partial charge in [0.15, 0.2) is 5.65 Å². The first-order chi connectivity index (χ1) is 12.5. The smallest absolute Gasteiger partial charge is 0.345 e. The van der Waals surface area contributed by atoms with E-state index in [4.69, 9.17) is 4.74 Å². The summed E-state index contributed by atoms with van der Waals surface area (Å²) in [7, 11) is 0. The fourth-order valence-corrected chi connectivity index (χ4v) is 3.54. The lowest BCUT2D eigenvalue weighted by molar-refractivity contribution is -0.193. The molecule has 1 aliphatic rings. The van der Waals surface area contributed by atoms with Crippen LogP contribution in [0.2, 0.25) is 0 Å². The summed E-state index contributed by atoms with van der Waals surface area (Å²) in [6.07, 6.45) is -0.556. The maximum atomic E-state index is 13.0. The molecular weight excluding hydrogens is 340 g/mol. The number of nitrogens with one attached hydrogen (secondary N) is 1. The molecule has 7 heteroatoms. The van der Waals surface area contributed by atoms with Crippen molar-refractivity contribution in [3.8, 4) is 0 Å². The zero-order valence-electron chi connectivity index (χ0n) is 14.4. The van der Waals surface area contributed by atoms with E-state index in [1.165, 1.54) is 0 Å². The van der Waals surface area contributed by atoms with Crippen molar-refractivity contribution in [3.63, 3.8) is 0 Å². The van der Waals surface area contributed by atoms with E-state index in [-0.39, 0.29) is 0 Å². The number of benzene rings is 1. The number of hydrogen-bond acceptors (Lipinski definition) is 4. The van der Waals surface area contributed by atoms with Gasteiger partial charge in [-0.15, -0.1) is 0 Å². The largest absolute Gasteiger partial charge is 0.388 e. The zero-order valence-corrected chi connectivity index (χ0v) is 14.4. The van der Waals surface area contributed by atoms with Crippen molar-refractivity contribution in [2.75, 3.05) is 5.32 Å². The SMILES string of the molecule is Cc1nc2c3c(ccn2c1C)C(OC(F)F)C(O)C(c1ccccc1)N3. The molecule has 0 amide bonds. The molecule has 3 unspecified atom stereocenters. The molecule has 0 aliphatic carbocycles. The van der Waals surface area contributed by atoms with Crippen molar-refractivity contribution in [1.29, 1.82) is 0 Å². The van der Waals surface area contributed by atoms with Gasteiger partial charge in [0.25, 0.3) is 0 Å². The molecule has 5 nitrogen and oxygen atoms in total. The first kappa shape index (κ1) is 16.9. The number of alkyl halides is 2. The van der Waals surface area contributed by atoms with Crippen LogP contribution in [-0.2, 0) is 4.74 Å². The minimum absolute atomic E-state index is 0.475. The molecule has 2 N–H and O–H groups in total. The average molecular weight is 359 g/mol. The minimum Gasteiger partial charge on any atom is -0.388 e. The quantitative estimate of drug-likeness (QED) is 0.748.